The molecule has 2 aromatic heterocycles. The third-order valence-electron chi connectivity index (χ3n) is 6.63. The van der Waals surface area contributed by atoms with Crippen LogP contribution in [0.4, 0.5) is 16.2 Å². The van der Waals surface area contributed by atoms with Gasteiger partial charge >= 0.3 is 6.03 Å². The van der Waals surface area contributed by atoms with Crippen LogP contribution in [-0.2, 0) is 17.3 Å². The van der Waals surface area contributed by atoms with Crippen molar-refractivity contribution >= 4 is 28.2 Å². The van der Waals surface area contributed by atoms with Gasteiger partial charge < -0.3 is 19.1 Å². The molecule has 4 heterocycles. The van der Waals surface area contributed by atoms with E-state index in [2.05, 4.69) is 44.2 Å². The first-order valence-corrected chi connectivity index (χ1v) is 13.7. The van der Waals surface area contributed by atoms with Crippen LogP contribution in [0, 0.1) is 6.92 Å². The summed E-state index contributed by atoms with van der Waals surface area (Å²) in [6, 6.07) is 11.8. The molecule has 0 bridgehead atoms. The lowest BCUT2D eigenvalue weighted by Crippen LogP contribution is -2.48. The molecule has 2 saturated heterocycles. The van der Waals surface area contributed by atoms with E-state index in [0.717, 1.165) is 48.8 Å². The second-order valence-electron chi connectivity index (χ2n) is 9.18. The third kappa shape index (κ3) is 5.57. The number of nitrogens with zero attached hydrogens (tertiary/aromatic N) is 7. The Bertz CT molecular complexity index is 1200. The second kappa shape index (κ2) is 10.8. The summed E-state index contributed by atoms with van der Waals surface area (Å²) in [5, 5.41) is 7.91. The first-order chi connectivity index (χ1) is 17.5. The van der Waals surface area contributed by atoms with Gasteiger partial charge in [-0.2, -0.15) is 0 Å². The molecule has 3 aromatic rings. The number of likely N-dealkylation sites (N-methyl/N-ethyl adjacent to an activating group) is 1. The van der Waals surface area contributed by atoms with Crippen LogP contribution >= 0.6 is 0 Å². The lowest BCUT2D eigenvalue weighted by molar-refractivity contribution is 0.209. The predicted octanol–water partition coefficient (Wildman–Crippen LogP) is 2.38. The number of aryl methyl sites for hydroxylation is 1. The van der Waals surface area contributed by atoms with Gasteiger partial charge in [-0.05, 0) is 43.4 Å². The highest BCUT2D eigenvalue weighted by Crippen LogP contribution is 2.25. The highest BCUT2D eigenvalue weighted by Gasteiger charge is 2.27. The van der Waals surface area contributed by atoms with Crippen molar-refractivity contribution in [3.05, 3.63) is 54.2 Å². The molecule has 0 unspecified atom stereocenters. The zero-order valence-electron chi connectivity index (χ0n) is 20.7. The Balaban J connectivity index is 1.36. The number of piperazine rings is 1. The van der Waals surface area contributed by atoms with E-state index in [9.17, 15) is 9.00 Å². The fraction of sp³-hybridized carbons (Fsp3) is 0.440. The molecule has 0 saturated carbocycles. The van der Waals surface area contributed by atoms with Gasteiger partial charge in [0.2, 0.25) is 11.8 Å². The molecule has 0 aliphatic carbocycles. The second-order valence-corrected chi connectivity index (χ2v) is 10.9. The van der Waals surface area contributed by atoms with Crippen molar-refractivity contribution in [2.24, 2.45) is 0 Å². The number of anilines is 2. The summed E-state index contributed by atoms with van der Waals surface area (Å²) in [6.07, 6.45) is 1.69. The number of carbonyl (C=O) groups excluding carboxylic acids is 1. The molecule has 2 fully saturated rings. The fourth-order valence-corrected chi connectivity index (χ4v) is 5.45. The molecule has 2 aliphatic rings. The first-order valence-electron chi connectivity index (χ1n) is 12.2. The van der Waals surface area contributed by atoms with Crippen LogP contribution in [0.1, 0.15) is 11.6 Å². The maximum Gasteiger partial charge on any atom is 0.324 e. The number of aromatic nitrogens is 3. The summed E-state index contributed by atoms with van der Waals surface area (Å²) >= 11 is 0. The highest BCUT2D eigenvalue weighted by molar-refractivity contribution is 7.85. The molecule has 0 radical (unpaired) electrons. The summed E-state index contributed by atoms with van der Waals surface area (Å²) in [5.74, 6) is 1.94. The SMILES string of the molecule is Cc1nnc(-c2ccc(CN(C(=O)N3CCS(=O)CC3)c3ccc(N4CCN(C)CC4)cc3)nc2)o1. The van der Waals surface area contributed by atoms with Crippen LogP contribution in [0.2, 0.25) is 0 Å². The Kier molecular flexibility index (Phi) is 7.28. The van der Waals surface area contributed by atoms with Gasteiger partial charge in [-0.3, -0.25) is 14.1 Å². The molecular weight excluding hydrogens is 478 g/mol. The molecule has 10 nitrogen and oxygen atoms in total. The van der Waals surface area contributed by atoms with E-state index in [1.165, 1.54) is 0 Å². The summed E-state index contributed by atoms with van der Waals surface area (Å²) < 4.78 is 17.3. The number of hydrogen-bond donors (Lipinski definition) is 0. The Hall–Kier alpha value is -3.31. The van der Waals surface area contributed by atoms with Crippen LogP contribution in [0.3, 0.4) is 0 Å². The molecule has 190 valence electrons. The average molecular weight is 510 g/mol. The van der Waals surface area contributed by atoms with Gasteiger partial charge in [-0.15, -0.1) is 10.2 Å². The van der Waals surface area contributed by atoms with Crippen molar-refractivity contribution in [3.8, 4) is 11.5 Å². The van der Waals surface area contributed by atoms with Crippen molar-refractivity contribution in [3.63, 3.8) is 0 Å². The van der Waals surface area contributed by atoms with Gasteiger partial charge in [-0.25, -0.2) is 4.79 Å². The zero-order valence-corrected chi connectivity index (χ0v) is 21.5. The van der Waals surface area contributed by atoms with Crippen molar-refractivity contribution in [1.82, 2.24) is 25.0 Å². The predicted molar refractivity (Wildman–Crippen MR) is 139 cm³/mol. The van der Waals surface area contributed by atoms with Crippen LogP contribution < -0.4 is 9.80 Å². The summed E-state index contributed by atoms with van der Waals surface area (Å²) in [6.45, 7) is 7.08. The molecule has 36 heavy (non-hydrogen) atoms. The summed E-state index contributed by atoms with van der Waals surface area (Å²) in [7, 11) is 1.29. The lowest BCUT2D eigenvalue weighted by atomic mass is 10.2. The summed E-state index contributed by atoms with van der Waals surface area (Å²) in [4.78, 5) is 26.4. The van der Waals surface area contributed by atoms with Crippen LogP contribution in [-0.4, -0.2) is 93.0 Å². The monoisotopic (exact) mass is 509 g/mol. The van der Waals surface area contributed by atoms with Crippen LogP contribution in [0.15, 0.2) is 47.0 Å². The van der Waals surface area contributed by atoms with Crippen molar-refractivity contribution in [2.45, 2.75) is 13.5 Å². The third-order valence-corrected chi connectivity index (χ3v) is 7.90. The number of pyridine rings is 1. The van der Waals surface area contributed by atoms with E-state index >= 15 is 0 Å². The standard InChI is InChI=1S/C25H31N7O3S/c1-19-27-28-24(35-19)20-3-4-21(26-17-20)18-32(25(33)31-13-15-36(34)16-14-31)23-7-5-22(6-8-23)30-11-9-29(2)10-12-30/h3-8,17H,9-16,18H2,1-2H3. The van der Waals surface area contributed by atoms with E-state index in [1.54, 1.807) is 22.9 Å². The quantitative estimate of drug-likeness (QED) is 0.517. The smallest absolute Gasteiger partial charge is 0.324 e. The normalized spacial score (nSPS) is 17.4. The fourth-order valence-electron chi connectivity index (χ4n) is 4.40. The van der Waals surface area contributed by atoms with Crippen molar-refractivity contribution in [1.29, 1.82) is 0 Å². The number of carbonyl (C=O) groups is 1. The number of amides is 2. The molecule has 2 aliphatic heterocycles. The van der Waals surface area contributed by atoms with E-state index < -0.39 is 10.8 Å². The zero-order chi connectivity index (χ0) is 25.1. The molecule has 11 heteroatoms. The van der Waals surface area contributed by atoms with Crippen LogP contribution in [0.25, 0.3) is 11.5 Å². The van der Waals surface area contributed by atoms with E-state index in [0.29, 0.717) is 42.9 Å². The van der Waals surface area contributed by atoms with Gasteiger partial charge in [0.15, 0.2) is 0 Å². The first kappa shape index (κ1) is 24.4. The van der Waals surface area contributed by atoms with Gasteiger partial charge in [0.1, 0.15) is 0 Å². The maximum absolute atomic E-state index is 13.6. The van der Waals surface area contributed by atoms with E-state index in [4.69, 9.17) is 4.42 Å². The molecule has 0 spiro atoms. The lowest BCUT2D eigenvalue weighted by Gasteiger charge is -2.35. The minimum Gasteiger partial charge on any atom is -0.421 e. The number of hydrogen-bond acceptors (Lipinski definition) is 8. The molecule has 0 atom stereocenters. The number of rotatable bonds is 5. The Morgan fingerprint density at radius 1 is 1.00 bits per heavy atom. The minimum atomic E-state index is -0.855. The largest absolute Gasteiger partial charge is 0.421 e. The van der Waals surface area contributed by atoms with E-state index in [-0.39, 0.29) is 6.03 Å². The number of urea groups is 1. The van der Waals surface area contributed by atoms with Gasteiger partial charge in [-0.1, -0.05) is 0 Å². The Labute approximate surface area is 213 Å². The maximum atomic E-state index is 13.6. The highest BCUT2D eigenvalue weighted by atomic mass is 32.2. The Morgan fingerprint density at radius 3 is 2.33 bits per heavy atom. The van der Waals surface area contributed by atoms with Crippen molar-refractivity contribution < 1.29 is 13.4 Å². The van der Waals surface area contributed by atoms with Crippen LogP contribution in [0.5, 0.6) is 0 Å². The minimum absolute atomic E-state index is 0.0996. The number of benzene rings is 1. The molecule has 2 amide bonds. The molecule has 1 aromatic carbocycles. The summed E-state index contributed by atoms with van der Waals surface area (Å²) in [5.41, 5.74) is 3.44. The van der Waals surface area contributed by atoms with Gasteiger partial charge in [0, 0.05) is 86.1 Å². The van der Waals surface area contributed by atoms with E-state index in [1.807, 2.05) is 24.3 Å². The van der Waals surface area contributed by atoms with Crippen molar-refractivity contribution in [2.75, 3.05) is 67.6 Å². The van der Waals surface area contributed by atoms with Gasteiger partial charge in [0.25, 0.3) is 0 Å². The average Bonchev–Trinajstić information content (AvgIpc) is 3.34. The molecule has 0 N–H and O–H groups in total. The molecular formula is C25H31N7O3S. The van der Waals surface area contributed by atoms with Gasteiger partial charge in [0.05, 0.1) is 17.8 Å². The Morgan fingerprint density at radius 2 is 1.72 bits per heavy atom. The topological polar surface area (TPSA) is 98.9 Å². The molecule has 5 rings (SSSR count).